The molecule has 2 saturated carbocycles. The van der Waals surface area contributed by atoms with Crippen molar-refractivity contribution in [2.75, 3.05) is 0 Å². The third kappa shape index (κ3) is 4.54. The lowest BCUT2D eigenvalue weighted by Crippen LogP contribution is -2.22. The minimum absolute atomic E-state index is 0.0278. The largest absolute Gasteiger partial charge is 0.0732 e. The molecule has 150 valence electrons. The molecule has 0 nitrogen and oxygen atoms in total. The summed E-state index contributed by atoms with van der Waals surface area (Å²) in [6.45, 7) is 2.45. The zero-order chi connectivity index (χ0) is 19.2. The molecule has 0 unspecified atom stereocenters. The van der Waals surface area contributed by atoms with Crippen LogP contribution in [0.4, 0.5) is 0 Å². The first-order valence-corrected chi connectivity index (χ1v) is 13.3. The van der Waals surface area contributed by atoms with Gasteiger partial charge in [0.2, 0.25) is 0 Å². The molecular formula is C27H37P. The summed E-state index contributed by atoms with van der Waals surface area (Å²) in [4.78, 5) is 0. The quantitative estimate of drug-likeness (QED) is 0.425. The Bertz CT molecular complexity index is 669. The van der Waals surface area contributed by atoms with Crippen molar-refractivity contribution in [3.63, 3.8) is 0 Å². The second-order valence-corrected chi connectivity index (χ2v) is 11.7. The van der Waals surface area contributed by atoms with E-state index in [0.717, 1.165) is 11.3 Å². The van der Waals surface area contributed by atoms with E-state index in [9.17, 15) is 0 Å². The van der Waals surface area contributed by atoms with Crippen LogP contribution in [-0.4, -0.2) is 11.3 Å². The number of allylic oxidation sites excluding steroid dienone is 6. The van der Waals surface area contributed by atoms with E-state index in [1.807, 2.05) is 5.31 Å². The molecule has 0 N–H and O–H groups in total. The van der Waals surface area contributed by atoms with E-state index in [2.05, 4.69) is 61.6 Å². The summed E-state index contributed by atoms with van der Waals surface area (Å²) >= 11 is 0. The maximum Gasteiger partial charge on any atom is 0.0213 e. The lowest BCUT2D eigenvalue weighted by atomic mass is 9.92. The first-order valence-electron chi connectivity index (χ1n) is 11.8. The molecular weight excluding hydrogens is 355 g/mol. The van der Waals surface area contributed by atoms with Crippen LogP contribution in [-0.2, 0) is 0 Å². The van der Waals surface area contributed by atoms with Crippen LogP contribution in [0.5, 0.6) is 0 Å². The first-order chi connectivity index (χ1) is 13.9. The van der Waals surface area contributed by atoms with Gasteiger partial charge in [0.05, 0.1) is 0 Å². The van der Waals surface area contributed by atoms with Crippen molar-refractivity contribution in [2.45, 2.75) is 88.9 Å². The molecule has 1 heteroatoms. The predicted molar refractivity (Wildman–Crippen MR) is 126 cm³/mol. The van der Waals surface area contributed by atoms with Gasteiger partial charge in [-0.1, -0.05) is 108 Å². The molecule has 1 aromatic rings. The highest BCUT2D eigenvalue weighted by Gasteiger charge is 2.35. The summed E-state index contributed by atoms with van der Waals surface area (Å²) in [7, 11) is -0.0278. The summed E-state index contributed by atoms with van der Waals surface area (Å²) in [6.07, 6.45) is 25.4. The molecule has 4 rings (SSSR count). The van der Waals surface area contributed by atoms with Gasteiger partial charge < -0.3 is 0 Å². The van der Waals surface area contributed by atoms with Crippen LogP contribution in [0, 0.1) is 5.92 Å². The van der Waals surface area contributed by atoms with Crippen molar-refractivity contribution in [2.24, 2.45) is 5.92 Å². The standard InChI is InChI=1S/C27H37P/c1-2-26(27(23-16-12-13-17-23)22-14-6-3-7-15-22)28(24-18-8-4-9-19-24)25-20-10-5-11-21-25/h3,6-7,12-17,23-25H,2,4-5,8-11,18-21H2,1H3. The van der Waals surface area contributed by atoms with Crippen molar-refractivity contribution < 1.29 is 0 Å². The van der Waals surface area contributed by atoms with Crippen molar-refractivity contribution in [1.82, 2.24) is 0 Å². The van der Waals surface area contributed by atoms with E-state index in [4.69, 9.17) is 0 Å². The Hall–Kier alpha value is -1.13. The fourth-order valence-corrected chi connectivity index (χ4v) is 10.0. The molecule has 28 heavy (non-hydrogen) atoms. The molecule has 0 saturated heterocycles. The number of hydrogen-bond acceptors (Lipinski definition) is 0. The Kier molecular flexibility index (Phi) is 7.25. The minimum atomic E-state index is -0.0278. The van der Waals surface area contributed by atoms with Gasteiger partial charge in [0.1, 0.15) is 0 Å². The van der Waals surface area contributed by atoms with E-state index < -0.39 is 0 Å². The Balaban J connectivity index is 1.80. The summed E-state index contributed by atoms with van der Waals surface area (Å²) in [6, 6.07) is 11.3. The van der Waals surface area contributed by atoms with Crippen molar-refractivity contribution in [3.8, 4) is 0 Å². The van der Waals surface area contributed by atoms with Crippen LogP contribution in [0.2, 0.25) is 0 Å². The van der Waals surface area contributed by atoms with Crippen LogP contribution in [0.3, 0.4) is 0 Å². The monoisotopic (exact) mass is 392 g/mol. The van der Waals surface area contributed by atoms with E-state index in [1.54, 1.807) is 5.57 Å². The molecule has 3 aliphatic rings. The normalized spacial score (nSPS) is 22.8. The molecule has 0 amide bonds. The van der Waals surface area contributed by atoms with E-state index in [1.165, 1.54) is 76.2 Å². The fraction of sp³-hybridized carbons (Fsp3) is 0.556. The van der Waals surface area contributed by atoms with Gasteiger partial charge in [0, 0.05) is 5.92 Å². The zero-order valence-electron chi connectivity index (χ0n) is 17.7. The van der Waals surface area contributed by atoms with Gasteiger partial charge in [-0.2, -0.15) is 0 Å². The van der Waals surface area contributed by atoms with E-state index >= 15 is 0 Å². The number of rotatable bonds is 6. The summed E-state index contributed by atoms with van der Waals surface area (Å²) < 4.78 is 0. The highest BCUT2D eigenvalue weighted by molar-refractivity contribution is 7.63. The molecule has 0 bridgehead atoms. The molecule has 0 aromatic heterocycles. The lowest BCUT2D eigenvalue weighted by Gasteiger charge is -2.41. The van der Waals surface area contributed by atoms with Crippen LogP contribution in [0.25, 0.3) is 5.57 Å². The summed E-state index contributed by atoms with van der Waals surface area (Å²) in [5, 5.41) is 1.86. The number of benzene rings is 1. The van der Waals surface area contributed by atoms with E-state index in [0.29, 0.717) is 5.92 Å². The molecule has 0 spiro atoms. The third-order valence-corrected chi connectivity index (χ3v) is 10.8. The highest BCUT2D eigenvalue weighted by Crippen LogP contribution is 2.64. The first kappa shape index (κ1) is 20.2. The predicted octanol–water partition coefficient (Wildman–Crippen LogP) is 8.70. The smallest absolute Gasteiger partial charge is 0.0213 e. The van der Waals surface area contributed by atoms with Gasteiger partial charge in [0.25, 0.3) is 0 Å². The van der Waals surface area contributed by atoms with Crippen molar-refractivity contribution in [3.05, 3.63) is 65.5 Å². The lowest BCUT2D eigenvalue weighted by molar-refractivity contribution is 0.485. The second kappa shape index (κ2) is 10.1. The summed E-state index contributed by atoms with van der Waals surface area (Å²) in [5.74, 6) is 0.481. The Morgan fingerprint density at radius 3 is 1.82 bits per heavy atom. The summed E-state index contributed by atoms with van der Waals surface area (Å²) in [5.41, 5.74) is 5.10. The average Bonchev–Trinajstić information content (AvgIpc) is 3.30. The Morgan fingerprint density at radius 2 is 1.32 bits per heavy atom. The van der Waals surface area contributed by atoms with Gasteiger partial charge in [-0.25, -0.2) is 0 Å². The molecule has 2 fully saturated rings. The van der Waals surface area contributed by atoms with Crippen LogP contribution in [0.15, 0.2) is 60.0 Å². The topological polar surface area (TPSA) is 0 Å². The molecule has 0 atom stereocenters. The average molecular weight is 393 g/mol. The second-order valence-electron chi connectivity index (χ2n) is 8.87. The van der Waals surface area contributed by atoms with Gasteiger partial charge in [-0.3, -0.25) is 0 Å². The molecule has 0 heterocycles. The van der Waals surface area contributed by atoms with E-state index in [-0.39, 0.29) is 7.92 Å². The van der Waals surface area contributed by atoms with Gasteiger partial charge >= 0.3 is 0 Å². The molecule has 0 radical (unpaired) electrons. The number of hydrogen-bond donors (Lipinski definition) is 0. The maximum atomic E-state index is 2.45. The zero-order valence-corrected chi connectivity index (χ0v) is 18.5. The highest BCUT2D eigenvalue weighted by atomic mass is 31.1. The maximum absolute atomic E-state index is 2.45. The molecule has 3 aliphatic carbocycles. The van der Waals surface area contributed by atoms with Gasteiger partial charge in [-0.15, -0.1) is 0 Å². The van der Waals surface area contributed by atoms with Gasteiger partial charge in [-0.05, 0) is 59.9 Å². The minimum Gasteiger partial charge on any atom is -0.0732 e. The van der Waals surface area contributed by atoms with Crippen molar-refractivity contribution in [1.29, 1.82) is 0 Å². The third-order valence-electron chi connectivity index (χ3n) is 7.06. The molecule has 0 aliphatic heterocycles. The van der Waals surface area contributed by atoms with Gasteiger partial charge in [0.15, 0.2) is 0 Å². The van der Waals surface area contributed by atoms with Crippen LogP contribution < -0.4 is 0 Å². The Labute approximate surface area is 174 Å². The Morgan fingerprint density at radius 1 is 0.786 bits per heavy atom. The van der Waals surface area contributed by atoms with Crippen LogP contribution >= 0.6 is 7.92 Å². The van der Waals surface area contributed by atoms with Crippen LogP contribution in [0.1, 0.15) is 83.1 Å². The molecule has 1 aromatic carbocycles. The SMILES string of the molecule is CCC(=C(c1ccccc1)C1C=CC=C1)P(C1CCCCC1)C1CCCCC1. The fourth-order valence-electron chi connectivity index (χ4n) is 5.76. The van der Waals surface area contributed by atoms with Crippen molar-refractivity contribution >= 4 is 13.5 Å².